The average Bonchev–Trinajstić information content (AvgIpc) is 2.46. The summed E-state index contributed by atoms with van der Waals surface area (Å²) in [4.78, 5) is 23.8. The molecule has 0 heterocycles. The predicted octanol–water partition coefficient (Wildman–Crippen LogP) is 2.24. The highest BCUT2D eigenvalue weighted by molar-refractivity contribution is 5.95. The lowest BCUT2D eigenvalue weighted by atomic mass is 9.85. The average molecular weight is 290 g/mol. The first kappa shape index (κ1) is 15.5. The van der Waals surface area contributed by atoms with Crippen molar-refractivity contribution in [2.24, 2.45) is 11.7 Å². The van der Waals surface area contributed by atoms with Crippen LogP contribution in [0.3, 0.4) is 0 Å². The lowest BCUT2D eigenvalue weighted by molar-refractivity contribution is -0.120. The van der Waals surface area contributed by atoms with Crippen molar-refractivity contribution < 1.29 is 14.3 Å². The maximum Gasteiger partial charge on any atom is 0.338 e. The van der Waals surface area contributed by atoms with Gasteiger partial charge in [-0.3, -0.25) is 4.79 Å². The number of hydrogen-bond acceptors (Lipinski definition) is 4. The van der Waals surface area contributed by atoms with E-state index in [0.717, 1.165) is 31.2 Å². The Morgan fingerprint density at radius 1 is 1.33 bits per heavy atom. The fraction of sp³-hybridized carbons (Fsp3) is 0.500. The Bertz CT molecular complexity index is 542. The Hall–Kier alpha value is -1.88. The molecule has 2 atom stereocenters. The van der Waals surface area contributed by atoms with E-state index in [4.69, 9.17) is 10.5 Å². The maximum absolute atomic E-state index is 12.2. The van der Waals surface area contributed by atoms with E-state index in [1.807, 2.05) is 6.92 Å². The second-order valence-corrected chi connectivity index (χ2v) is 5.63. The minimum atomic E-state index is -0.372. The maximum atomic E-state index is 12.2. The first-order chi connectivity index (χ1) is 10.0. The van der Waals surface area contributed by atoms with Gasteiger partial charge in [0.25, 0.3) is 0 Å². The van der Waals surface area contributed by atoms with Gasteiger partial charge in [0.1, 0.15) is 0 Å². The number of methoxy groups -OCH3 is 1. The third-order valence-electron chi connectivity index (χ3n) is 3.98. The van der Waals surface area contributed by atoms with E-state index in [2.05, 4.69) is 5.32 Å². The van der Waals surface area contributed by atoms with Crippen LogP contribution in [0.4, 0.5) is 5.69 Å². The number of carbonyl (C=O) groups is 2. The Morgan fingerprint density at radius 3 is 2.71 bits per heavy atom. The van der Waals surface area contributed by atoms with Crippen molar-refractivity contribution in [3.8, 4) is 0 Å². The Morgan fingerprint density at radius 2 is 2.10 bits per heavy atom. The number of amides is 1. The zero-order valence-electron chi connectivity index (χ0n) is 12.5. The van der Waals surface area contributed by atoms with Gasteiger partial charge < -0.3 is 15.8 Å². The minimum absolute atomic E-state index is 0.00960. The van der Waals surface area contributed by atoms with Gasteiger partial charge in [-0.15, -0.1) is 0 Å². The molecule has 0 spiro atoms. The molecule has 2 rings (SSSR count). The van der Waals surface area contributed by atoms with Crippen LogP contribution >= 0.6 is 0 Å². The van der Waals surface area contributed by atoms with Crippen LogP contribution in [0.2, 0.25) is 0 Å². The summed E-state index contributed by atoms with van der Waals surface area (Å²) in [5.41, 5.74) is 7.90. The van der Waals surface area contributed by atoms with Crippen molar-refractivity contribution in [2.75, 3.05) is 12.4 Å². The molecule has 1 amide bonds. The van der Waals surface area contributed by atoms with Crippen molar-refractivity contribution >= 4 is 17.6 Å². The number of anilines is 1. The molecule has 1 fully saturated rings. The van der Waals surface area contributed by atoms with E-state index >= 15 is 0 Å². The molecule has 5 heteroatoms. The first-order valence-electron chi connectivity index (χ1n) is 7.26. The summed E-state index contributed by atoms with van der Waals surface area (Å²) in [7, 11) is 1.35. The van der Waals surface area contributed by atoms with Crippen molar-refractivity contribution in [1.82, 2.24) is 0 Å². The van der Waals surface area contributed by atoms with Crippen LogP contribution in [0.1, 0.15) is 41.6 Å². The Labute approximate surface area is 124 Å². The molecule has 0 aromatic heterocycles. The van der Waals surface area contributed by atoms with E-state index in [1.165, 1.54) is 7.11 Å². The summed E-state index contributed by atoms with van der Waals surface area (Å²) in [6.07, 6.45) is 3.63. The predicted molar refractivity (Wildman–Crippen MR) is 81.1 cm³/mol. The van der Waals surface area contributed by atoms with Crippen LogP contribution < -0.4 is 11.1 Å². The van der Waals surface area contributed by atoms with Gasteiger partial charge in [-0.2, -0.15) is 0 Å². The number of nitrogens with one attached hydrogen (secondary N) is 1. The second kappa shape index (κ2) is 6.72. The van der Waals surface area contributed by atoms with Gasteiger partial charge in [0, 0.05) is 17.6 Å². The molecule has 1 aromatic rings. The highest BCUT2D eigenvalue weighted by Crippen LogP contribution is 2.25. The number of carbonyl (C=O) groups excluding carboxylic acids is 2. The molecule has 1 saturated carbocycles. The third-order valence-corrected chi connectivity index (χ3v) is 3.98. The Kier molecular flexibility index (Phi) is 4.96. The fourth-order valence-corrected chi connectivity index (χ4v) is 2.79. The largest absolute Gasteiger partial charge is 0.465 e. The summed E-state index contributed by atoms with van der Waals surface area (Å²) < 4.78 is 4.70. The number of rotatable bonds is 3. The zero-order valence-corrected chi connectivity index (χ0v) is 12.5. The lowest BCUT2D eigenvalue weighted by Gasteiger charge is -2.25. The van der Waals surface area contributed by atoms with Crippen molar-refractivity contribution in [2.45, 2.75) is 38.6 Å². The van der Waals surface area contributed by atoms with Crippen LogP contribution in [-0.2, 0) is 9.53 Å². The molecule has 5 nitrogen and oxygen atoms in total. The molecule has 0 saturated heterocycles. The third kappa shape index (κ3) is 3.82. The summed E-state index contributed by atoms with van der Waals surface area (Å²) >= 11 is 0. The van der Waals surface area contributed by atoms with Crippen LogP contribution in [0.5, 0.6) is 0 Å². The number of nitrogens with two attached hydrogens (primary N) is 1. The zero-order chi connectivity index (χ0) is 15.4. The topological polar surface area (TPSA) is 81.4 Å². The molecule has 3 N–H and O–H groups in total. The number of benzene rings is 1. The van der Waals surface area contributed by atoms with Crippen molar-refractivity contribution in [3.05, 3.63) is 29.3 Å². The SMILES string of the molecule is COC(=O)c1ccc(NC(=O)C2CCCC(N)C2)cc1C. The number of aryl methyl sites for hydroxylation is 1. The van der Waals surface area contributed by atoms with E-state index < -0.39 is 0 Å². The van der Waals surface area contributed by atoms with E-state index in [9.17, 15) is 9.59 Å². The smallest absolute Gasteiger partial charge is 0.338 e. The first-order valence-corrected chi connectivity index (χ1v) is 7.26. The number of ether oxygens (including phenoxy) is 1. The van der Waals surface area contributed by atoms with Gasteiger partial charge in [0.05, 0.1) is 12.7 Å². The van der Waals surface area contributed by atoms with Gasteiger partial charge in [0.2, 0.25) is 5.91 Å². The van der Waals surface area contributed by atoms with Crippen LogP contribution in [0.15, 0.2) is 18.2 Å². The summed E-state index contributed by atoms with van der Waals surface area (Å²) in [6.45, 7) is 1.82. The molecule has 2 unspecified atom stereocenters. The van der Waals surface area contributed by atoms with Crippen LogP contribution in [0.25, 0.3) is 0 Å². The molecular weight excluding hydrogens is 268 g/mol. The van der Waals surface area contributed by atoms with Crippen molar-refractivity contribution in [1.29, 1.82) is 0 Å². The normalized spacial score (nSPS) is 21.7. The summed E-state index contributed by atoms with van der Waals surface area (Å²) in [6, 6.07) is 5.30. The van der Waals surface area contributed by atoms with Crippen LogP contribution in [-0.4, -0.2) is 25.0 Å². The molecule has 1 aromatic carbocycles. The molecule has 1 aliphatic carbocycles. The number of esters is 1. The lowest BCUT2D eigenvalue weighted by Crippen LogP contribution is -2.34. The monoisotopic (exact) mass is 290 g/mol. The van der Waals surface area contributed by atoms with Gasteiger partial charge >= 0.3 is 5.97 Å². The van der Waals surface area contributed by atoms with Gasteiger partial charge in [-0.05, 0) is 49.9 Å². The highest BCUT2D eigenvalue weighted by atomic mass is 16.5. The van der Waals surface area contributed by atoms with Gasteiger partial charge in [-0.1, -0.05) is 6.42 Å². The molecule has 1 aliphatic rings. The molecule has 114 valence electrons. The van der Waals surface area contributed by atoms with Gasteiger partial charge in [-0.25, -0.2) is 4.79 Å². The summed E-state index contributed by atoms with van der Waals surface area (Å²) in [5, 5.41) is 2.91. The molecule has 21 heavy (non-hydrogen) atoms. The Balaban J connectivity index is 2.04. The van der Waals surface area contributed by atoms with Crippen molar-refractivity contribution in [3.63, 3.8) is 0 Å². The van der Waals surface area contributed by atoms with E-state index in [1.54, 1.807) is 18.2 Å². The molecular formula is C16H22N2O3. The van der Waals surface area contributed by atoms with E-state index in [0.29, 0.717) is 11.3 Å². The molecule has 0 bridgehead atoms. The number of hydrogen-bond donors (Lipinski definition) is 2. The molecule has 0 radical (unpaired) electrons. The standard InChI is InChI=1S/C16H22N2O3/c1-10-8-13(6-7-14(10)16(20)21-2)18-15(19)11-4-3-5-12(17)9-11/h6-8,11-12H,3-5,9,17H2,1-2H3,(H,18,19). The minimum Gasteiger partial charge on any atom is -0.465 e. The summed E-state index contributed by atoms with van der Waals surface area (Å²) in [5.74, 6) is -0.381. The van der Waals surface area contributed by atoms with E-state index in [-0.39, 0.29) is 23.8 Å². The highest BCUT2D eigenvalue weighted by Gasteiger charge is 2.25. The fourth-order valence-electron chi connectivity index (χ4n) is 2.79. The second-order valence-electron chi connectivity index (χ2n) is 5.63. The molecule has 0 aliphatic heterocycles. The quantitative estimate of drug-likeness (QED) is 0.836. The van der Waals surface area contributed by atoms with Crippen LogP contribution in [0, 0.1) is 12.8 Å². The van der Waals surface area contributed by atoms with Gasteiger partial charge in [0.15, 0.2) is 0 Å².